The van der Waals surface area contributed by atoms with Crippen LogP contribution in [0.2, 0.25) is 0 Å². The van der Waals surface area contributed by atoms with Gasteiger partial charge in [0.25, 0.3) is 0 Å². The van der Waals surface area contributed by atoms with Gasteiger partial charge < -0.3 is 10.2 Å². The summed E-state index contributed by atoms with van der Waals surface area (Å²) in [7, 11) is 2.03. The molecular formula is C14H18F4N2. The van der Waals surface area contributed by atoms with E-state index >= 15 is 0 Å². The zero-order valence-electron chi connectivity index (χ0n) is 11.3. The molecule has 2 nitrogen and oxygen atoms in total. The first-order valence-electron chi connectivity index (χ1n) is 6.64. The normalized spacial score (nSPS) is 18.4. The maximum Gasteiger partial charge on any atom is 0.416 e. The van der Waals surface area contributed by atoms with E-state index < -0.39 is 17.6 Å². The molecule has 1 heterocycles. The van der Waals surface area contributed by atoms with Gasteiger partial charge in [-0.25, -0.2) is 4.39 Å². The second kappa shape index (κ2) is 6.10. The van der Waals surface area contributed by atoms with Gasteiger partial charge in [0.2, 0.25) is 0 Å². The van der Waals surface area contributed by atoms with Crippen LogP contribution in [0.5, 0.6) is 0 Å². The van der Waals surface area contributed by atoms with E-state index in [1.54, 1.807) is 0 Å². The number of benzene rings is 1. The fraction of sp³-hybridized carbons (Fsp3) is 0.571. The van der Waals surface area contributed by atoms with Gasteiger partial charge in [-0.2, -0.15) is 13.2 Å². The topological polar surface area (TPSA) is 15.3 Å². The van der Waals surface area contributed by atoms with Crippen molar-refractivity contribution in [3.8, 4) is 0 Å². The van der Waals surface area contributed by atoms with Crippen LogP contribution in [-0.4, -0.2) is 31.1 Å². The molecule has 2 rings (SSSR count). The van der Waals surface area contributed by atoms with Crippen molar-refractivity contribution in [1.29, 1.82) is 0 Å². The SMILES string of the molecule is CN1CCC(NCc2ccc(F)cc2C(F)(F)F)CC1. The molecule has 1 aliphatic rings. The summed E-state index contributed by atoms with van der Waals surface area (Å²) in [5.74, 6) is -0.861. The minimum absolute atomic E-state index is 0.0952. The van der Waals surface area contributed by atoms with Gasteiger partial charge in [-0.1, -0.05) is 6.07 Å². The number of piperidine rings is 1. The van der Waals surface area contributed by atoms with Gasteiger partial charge in [0, 0.05) is 12.6 Å². The van der Waals surface area contributed by atoms with Crippen molar-refractivity contribution in [2.45, 2.75) is 31.6 Å². The van der Waals surface area contributed by atoms with Gasteiger partial charge in [-0.3, -0.25) is 0 Å². The van der Waals surface area contributed by atoms with Gasteiger partial charge in [0.1, 0.15) is 5.82 Å². The highest BCUT2D eigenvalue weighted by atomic mass is 19.4. The second-order valence-electron chi connectivity index (χ2n) is 5.26. The first-order valence-corrected chi connectivity index (χ1v) is 6.64. The molecule has 1 aromatic rings. The molecule has 0 saturated carbocycles. The third kappa shape index (κ3) is 3.93. The number of likely N-dealkylation sites (tertiary alicyclic amines) is 1. The molecule has 0 aromatic heterocycles. The van der Waals surface area contributed by atoms with Crippen LogP contribution in [0.1, 0.15) is 24.0 Å². The first kappa shape index (κ1) is 15.3. The lowest BCUT2D eigenvalue weighted by Crippen LogP contribution is -2.40. The third-order valence-corrected chi connectivity index (χ3v) is 3.68. The molecule has 0 unspecified atom stereocenters. The van der Waals surface area contributed by atoms with E-state index in [1.165, 1.54) is 6.07 Å². The molecule has 6 heteroatoms. The zero-order chi connectivity index (χ0) is 14.8. The van der Waals surface area contributed by atoms with Gasteiger partial charge in [-0.05, 0) is 50.7 Å². The van der Waals surface area contributed by atoms with Crippen molar-refractivity contribution >= 4 is 0 Å². The summed E-state index contributed by atoms with van der Waals surface area (Å²) in [6.45, 7) is 1.99. The van der Waals surface area contributed by atoms with Crippen LogP contribution in [0, 0.1) is 5.82 Å². The monoisotopic (exact) mass is 290 g/mol. The maximum atomic E-state index is 13.0. The van der Waals surface area contributed by atoms with E-state index in [-0.39, 0.29) is 18.2 Å². The number of nitrogens with zero attached hydrogens (tertiary/aromatic N) is 1. The number of halogens is 4. The Kier molecular flexibility index (Phi) is 4.65. The van der Waals surface area contributed by atoms with Crippen molar-refractivity contribution in [3.05, 3.63) is 35.1 Å². The second-order valence-corrected chi connectivity index (χ2v) is 5.26. The van der Waals surface area contributed by atoms with Crippen LogP contribution in [0.25, 0.3) is 0 Å². The average molecular weight is 290 g/mol. The Hall–Kier alpha value is -1.14. The van der Waals surface area contributed by atoms with Gasteiger partial charge in [0.05, 0.1) is 5.56 Å². The molecular weight excluding hydrogens is 272 g/mol. The zero-order valence-corrected chi connectivity index (χ0v) is 11.3. The lowest BCUT2D eigenvalue weighted by molar-refractivity contribution is -0.138. The Morgan fingerprint density at radius 2 is 1.90 bits per heavy atom. The molecule has 1 saturated heterocycles. The van der Waals surface area contributed by atoms with Crippen LogP contribution in [0.3, 0.4) is 0 Å². The summed E-state index contributed by atoms with van der Waals surface area (Å²) in [4.78, 5) is 2.19. The van der Waals surface area contributed by atoms with Crippen molar-refractivity contribution < 1.29 is 17.6 Å². The number of rotatable bonds is 3. The smallest absolute Gasteiger partial charge is 0.310 e. The van der Waals surface area contributed by atoms with Crippen LogP contribution < -0.4 is 5.32 Å². The van der Waals surface area contributed by atoms with E-state index in [2.05, 4.69) is 10.2 Å². The Balaban J connectivity index is 2.02. The molecule has 1 fully saturated rings. The van der Waals surface area contributed by atoms with Crippen LogP contribution in [0.4, 0.5) is 17.6 Å². The van der Waals surface area contributed by atoms with E-state index in [1.807, 2.05) is 7.05 Å². The van der Waals surface area contributed by atoms with Gasteiger partial charge >= 0.3 is 6.18 Å². The van der Waals surface area contributed by atoms with E-state index in [4.69, 9.17) is 0 Å². The van der Waals surface area contributed by atoms with Crippen molar-refractivity contribution in [2.24, 2.45) is 0 Å². The minimum Gasteiger partial charge on any atom is -0.310 e. The third-order valence-electron chi connectivity index (χ3n) is 3.68. The molecule has 20 heavy (non-hydrogen) atoms. The summed E-state index contributed by atoms with van der Waals surface area (Å²) >= 11 is 0. The Labute approximate surface area is 115 Å². The molecule has 0 radical (unpaired) electrons. The highest BCUT2D eigenvalue weighted by Gasteiger charge is 2.33. The van der Waals surface area contributed by atoms with Gasteiger partial charge in [-0.15, -0.1) is 0 Å². The summed E-state index contributed by atoms with van der Waals surface area (Å²) < 4.78 is 51.5. The summed E-state index contributed by atoms with van der Waals surface area (Å²) in [6, 6.07) is 3.06. The molecule has 112 valence electrons. The van der Waals surface area contributed by atoms with Crippen molar-refractivity contribution in [1.82, 2.24) is 10.2 Å². The standard InChI is InChI=1S/C14H18F4N2/c1-20-6-4-12(5-7-20)19-9-10-2-3-11(15)8-13(10)14(16,17)18/h2-3,8,12,19H,4-7,9H2,1H3. The Morgan fingerprint density at radius 3 is 2.50 bits per heavy atom. The number of hydrogen-bond donors (Lipinski definition) is 1. The van der Waals surface area contributed by atoms with E-state index in [0.717, 1.165) is 32.0 Å². The number of nitrogens with one attached hydrogen (secondary N) is 1. The minimum atomic E-state index is -4.52. The van der Waals surface area contributed by atoms with Crippen molar-refractivity contribution in [3.63, 3.8) is 0 Å². The number of alkyl halides is 3. The molecule has 0 spiro atoms. The fourth-order valence-electron chi connectivity index (χ4n) is 2.43. The fourth-order valence-corrected chi connectivity index (χ4v) is 2.43. The Bertz CT molecular complexity index is 451. The van der Waals surface area contributed by atoms with E-state index in [0.29, 0.717) is 6.07 Å². The van der Waals surface area contributed by atoms with Crippen molar-refractivity contribution in [2.75, 3.05) is 20.1 Å². The van der Waals surface area contributed by atoms with Crippen LogP contribution in [-0.2, 0) is 12.7 Å². The predicted octanol–water partition coefficient (Wildman–Crippen LogP) is 3.03. The summed E-state index contributed by atoms with van der Waals surface area (Å²) in [6.07, 6.45) is -2.69. The van der Waals surface area contributed by atoms with Crippen LogP contribution in [0.15, 0.2) is 18.2 Å². The summed E-state index contributed by atoms with van der Waals surface area (Å²) in [5, 5.41) is 3.14. The largest absolute Gasteiger partial charge is 0.416 e. The van der Waals surface area contributed by atoms with Crippen LogP contribution >= 0.6 is 0 Å². The lowest BCUT2D eigenvalue weighted by Gasteiger charge is -2.29. The molecule has 1 aliphatic heterocycles. The first-order chi connectivity index (χ1) is 9.36. The highest BCUT2D eigenvalue weighted by Crippen LogP contribution is 2.32. The molecule has 0 atom stereocenters. The molecule has 0 bridgehead atoms. The predicted molar refractivity (Wildman–Crippen MR) is 68.8 cm³/mol. The molecule has 1 N–H and O–H groups in total. The lowest BCUT2D eigenvalue weighted by atomic mass is 10.0. The van der Waals surface area contributed by atoms with Gasteiger partial charge in [0.15, 0.2) is 0 Å². The quantitative estimate of drug-likeness (QED) is 0.861. The maximum absolute atomic E-state index is 13.0. The van der Waals surface area contributed by atoms with E-state index in [9.17, 15) is 17.6 Å². The molecule has 1 aromatic carbocycles. The molecule has 0 aliphatic carbocycles. The average Bonchev–Trinajstić information content (AvgIpc) is 2.38. The summed E-state index contributed by atoms with van der Waals surface area (Å²) in [5.41, 5.74) is -0.796. The highest BCUT2D eigenvalue weighted by molar-refractivity contribution is 5.30. The number of hydrogen-bond acceptors (Lipinski definition) is 2. The molecule has 0 amide bonds. The Morgan fingerprint density at radius 1 is 1.25 bits per heavy atom.